The normalized spacial score (nSPS) is 10.6. The number of hydrogen-bond acceptors (Lipinski definition) is 3. The molecule has 0 radical (unpaired) electrons. The van der Waals surface area contributed by atoms with Crippen LogP contribution in [-0.4, -0.2) is 15.7 Å². The molecule has 0 unspecified atom stereocenters. The molecule has 0 aliphatic carbocycles. The van der Waals surface area contributed by atoms with Crippen molar-refractivity contribution in [3.05, 3.63) is 26.3 Å². The van der Waals surface area contributed by atoms with Crippen molar-refractivity contribution in [1.82, 2.24) is 9.97 Å². The smallest absolute Gasteiger partial charge is 0.265 e. The van der Waals surface area contributed by atoms with E-state index in [1.807, 2.05) is 6.92 Å². The number of nitrogens with one attached hydrogen (secondary N) is 1. The first-order valence-corrected chi connectivity index (χ1v) is 6.99. The molecular formula is C10H15BrN2OS. The first-order valence-electron chi connectivity index (χ1n) is 5.04. The summed E-state index contributed by atoms with van der Waals surface area (Å²) in [6, 6.07) is 0. The lowest BCUT2D eigenvalue weighted by Gasteiger charge is -2.04. The van der Waals surface area contributed by atoms with Crippen LogP contribution in [0.15, 0.2) is 9.27 Å². The second-order valence-corrected chi connectivity index (χ2v) is 5.08. The minimum Gasteiger partial charge on any atom is -0.309 e. The van der Waals surface area contributed by atoms with Gasteiger partial charge in [0.2, 0.25) is 0 Å². The van der Waals surface area contributed by atoms with Crippen molar-refractivity contribution < 1.29 is 0 Å². The van der Waals surface area contributed by atoms with E-state index in [-0.39, 0.29) is 5.56 Å². The van der Waals surface area contributed by atoms with Gasteiger partial charge in [0, 0.05) is 0 Å². The molecule has 1 heterocycles. The van der Waals surface area contributed by atoms with Gasteiger partial charge in [-0.1, -0.05) is 13.8 Å². The van der Waals surface area contributed by atoms with Gasteiger partial charge < -0.3 is 4.98 Å². The molecule has 1 aromatic rings. The summed E-state index contributed by atoms with van der Waals surface area (Å²) in [7, 11) is 0. The fourth-order valence-electron chi connectivity index (χ4n) is 1.17. The van der Waals surface area contributed by atoms with Crippen molar-refractivity contribution in [3.8, 4) is 0 Å². The molecule has 0 amide bonds. The molecule has 15 heavy (non-hydrogen) atoms. The van der Waals surface area contributed by atoms with Gasteiger partial charge in [0.1, 0.15) is 10.3 Å². The van der Waals surface area contributed by atoms with Gasteiger partial charge in [0.15, 0.2) is 0 Å². The van der Waals surface area contributed by atoms with Crippen LogP contribution in [0.25, 0.3) is 0 Å². The van der Waals surface area contributed by atoms with E-state index < -0.39 is 0 Å². The Kier molecular flexibility index (Phi) is 5.39. The second kappa shape index (κ2) is 6.33. The second-order valence-electron chi connectivity index (χ2n) is 3.18. The highest BCUT2D eigenvalue weighted by atomic mass is 79.9. The predicted octanol–water partition coefficient (Wildman–Crippen LogP) is 2.74. The largest absolute Gasteiger partial charge is 0.309 e. The molecule has 0 spiro atoms. The summed E-state index contributed by atoms with van der Waals surface area (Å²) in [4.78, 5) is 18.7. The summed E-state index contributed by atoms with van der Waals surface area (Å²) in [5.74, 6) is 2.66. The summed E-state index contributed by atoms with van der Waals surface area (Å²) in [6.07, 6.45) is 1.92. The Morgan fingerprint density at radius 2 is 2.20 bits per heavy atom. The highest BCUT2D eigenvalue weighted by Crippen LogP contribution is 2.13. The molecule has 0 atom stereocenters. The van der Waals surface area contributed by atoms with Gasteiger partial charge in [-0.2, -0.15) is 11.8 Å². The van der Waals surface area contributed by atoms with Gasteiger partial charge >= 0.3 is 0 Å². The molecule has 84 valence electrons. The lowest BCUT2D eigenvalue weighted by molar-refractivity contribution is 0.906. The average Bonchev–Trinajstić information content (AvgIpc) is 2.23. The first-order chi connectivity index (χ1) is 7.19. The molecule has 3 nitrogen and oxygen atoms in total. The summed E-state index contributed by atoms with van der Waals surface area (Å²) in [5.41, 5.74) is 0.764. The van der Waals surface area contributed by atoms with Crippen LogP contribution in [0.4, 0.5) is 0 Å². The zero-order valence-corrected chi connectivity index (χ0v) is 11.4. The van der Waals surface area contributed by atoms with Crippen molar-refractivity contribution in [2.24, 2.45) is 0 Å². The zero-order chi connectivity index (χ0) is 11.3. The molecule has 0 aliphatic heterocycles. The van der Waals surface area contributed by atoms with Gasteiger partial charge in [-0.25, -0.2) is 4.98 Å². The van der Waals surface area contributed by atoms with Crippen LogP contribution in [-0.2, 0) is 12.2 Å². The van der Waals surface area contributed by atoms with Crippen LogP contribution < -0.4 is 5.56 Å². The number of aromatic amines is 1. The monoisotopic (exact) mass is 290 g/mol. The highest BCUT2D eigenvalue weighted by Gasteiger charge is 2.06. The fraction of sp³-hybridized carbons (Fsp3) is 0.600. The Morgan fingerprint density at radius 3 is 2.80 bits per heavy atom. The first kappa shape index (κ1) is 12.8. The van der Waals surface area contributed by atoms with Gasteiger partial charge in [0.05, 0.1) is 11.4 Å². The maximum absolute atomic E-state index is 11.5. The predicted molar refractivity (Wildman–Crippen MR) is 68.4 cm³/mol. The van der Waals surface area contributed by atoms with Crippen LogP contribution >= 0.6 is 27.7 Å². The van der Waals surface area contributed by atoms with E-state index in [9.17, 15) is 4.79 Å². The SMILES string of the molecule is CCCSCc1nc(CC)c(Br)c(=O)[nH]1. The van der Waals surface area contributed by atoms with Crippen LogP contribution in [0.5, 0.6) is 0 Å². The number of halogens is 1. The number of hydrogen-bond donors (Lipinski definition) is 1. The molecule has 0 saturated heterocycles. The van der Waals surface area contributed by atoms with E-state index in [0.717, 1.165) is 35.9 Å². The van der Waals surface area contributed by atoms with Crippen LogP contribution in [0, 0.1) is 0 Å². The molecule has 0 bridgehead atoms. The van der Waals surface area contributed by atoms with E-state index in [1.165, 1.54) is 0 Å². The number of thioether (sulfide) groups is 1. The van der Waals surface area contributed by atoms with Crippen LogP contribution in [0.3, 0.4) is 0 Å². The average molecular weight is 291 g/mol. The van der Waals surface area contributed by atoms with E-state index in [0.29, 0.717) is 4.47 Å². The molecule has 1 rings (SSSR count). The van der Waals surface area contributed by atoms with Gasteiger partial charge in [0.25, 0.3) is 5.56 Å². The van der Waals surface area contributed by atoms with Gasteiger partial charge in [-0.05, 0) is 34.5 Å². The quantitative estimate of drug-likeness (QED) is 0.848. The van der Waals surface area contributed by atoms with Crippen molar-refractivity contribution in [1.29, 1.82) is 0 Å². The molecule has 0 aromatic carbocycles. The van der Waals surface area contributed by atoms with E-state index in [2.05, 4.69) is 32.8 Å². The summed E-state index contributed by atoms with van der Waals surface area (Å²) in [6.45, 7) is 4.14. The molecule has 1 N–H and O–H groups in total. The Hall–Kier alpha value is -0.290. The number of H-pyrrole nitrogens is 1. The van der Waals surface area contributed by atoms with E-state index in [1.54, 1.807) is 11.8 Å². The lowest BCUT2D eigenvalue weighted by atomic mass is 10.3. The van der Waals surface area contributed by atoms with E-state index in [4.69, 9.17) is 0 Å². The zero-order valence-electron chi connectivity index (χ0n) is 8.97. The Labute approximate surface area is 102 Å². The number of aryl methyl sites for hydroxylation is 1. The van der Waals surface area contributed by atoms with Gasteiger partial charge in [-0.3, -0.25) is 4.79 Å². The maximum Gasteiger partial charge on any atom is 0.265 e. The third-order valence-electron chi connectivity index (χ3n) is 1.90. The Morgan fingerprint density at radius 1 is 1.47 bits per heavy atom. The molecular weight excluding hydrogens is 276 g/mol. The summed E-state index contributed by atoms with van der Waals surface area (Å²) < 4.78 is 0.564. The number of aromatic nitrogens is 2. The molecule has 0 aliphatic rings. The summed E-state index contributed by atoms with van der Waals surface area (Å²) >= 11 is 5.04. The topological polar surface area (TPSA) is 45.8 Å². The third kappa shape index (κ3) is 3.65. The maximum atomic E-state index is 11.5. The highest BCUT2D eigenvalue weighted by molar-refractivity contribution is 9.10. The van der Waals surface area contributed by atoms with Crippen molar-refractivity contribution in [2.45, 2.75) is 32.4 Å². The Balaban J connectivity index is 2.82. The standard InChI is InChI=1S/C10H15BrN2OS/c1-3-5-15-6-8-12-7(4-2)9(11)10(14)13-8/h3-6H2,1-2H3,(H,12,13,14). The minimum absolute atomic E-state index is 0.0750. The molecule has 5 heteroatoms. The van der Waals surface area contributed by atoms with Crippen molar-refractivity contribution >= 4 is 27.7 Å². The van der Waals surface area contributed by atoms with Gasteiger partial charge in [-0.15, -0.1) is 0 Å². The lowest BCUT2D eigenvalue weighted by Crippen LogP contribution is -2.14. The third-order valence-corrected chi connectivity index (χ3v) is 3.89. The minimum atomic E-state index is -0.0750. The molecule has 1 aromatic heterocycles. The van der Waals surface area contributed by atoms with Crippen molar-refractivity contribution in [2.75, 3.05) is 5.75 Å². The Bertz CT molecular complexity index is 378. The van der Waals surface area contributed by atoms with E-state index >= 15 is 0 Å². The number of rotatable bonds is 5. The summed E-state index contributed by atoms with van der Waals surface area (Å²) in [5, 5.41) is 0. The van der Waals surface area contributed by atoms with Crippen LogP contribution in [0.2, 0.25) is 0 Å². The molecule has 0 saturated carbocycles. The van der Waals surface area contributed by atoms with Crippen LogP contribution in [0.1, 0.15) is 31.8 Å². The fourth-order valence-corrected chi connectivity index (χ4v) is 2.40. The van der Waals surface area contributed by atoms with Crippen molar-refractivity contribution in [3.63, 3.8) is 0 Å². The number of nitrogens with zero attached hydrogens (tertiary/aromatic N) is 1. The molecule has 0 fully saturated rings.